The van der Waals surface area contributed by atoms with Gasteiger partial charge in [0.25, 0.3) is 0 Å². The van der Waals surface area contributed by atoms with Crippen LogP contribution in [0.4, 0.5) is 0 Å². The van der Waals surface area contributed by atoms with Crippen LogP contribution in [0, 0.1) is 6.92 Å². The predicted molar refractivity (Wildman–Crippen MR) is 86.8 cm³/mol. The average Bonchev–Trinajstić information content (AvgIpc) is 2.38. The molecule has 19 heavy (non-hydrogen) atoms. The first-order valence-electron chi connectivity index (χ1n) is 6.00. The van der Waals surface area contributed by atoms with E-state index in [1.807, 2.05) is 19.2 Å². The molecule has 0 aliphatic carbocycles. The van der Waals surface area contributed by atoms with Crippen LogP contribution in [-0.2, 0) is 4.74 Å². The van der Waals surface area contributed by atoms with Gasteiger partial charge in [0.05, 0.1) is 12.2 Å². The highest BCUT2D eigenvalue weighted by Crippen LogP contribution is 2.28. The van der Waals surface area contributed by atoms with Crippen molar-refractivity contribution in [3.05, 3.63) is 28.8 Å². The van der Waals surface area contributed by atoms with Gasteiger partial charge in [0.15, 0.2) is 5.78 Å². The Hall–Kier alpha value is -0.560. The summed E-state index contributed by atoms with van der Waals surface area (Å²) in [4.78, 5) is 25.0. The minimum Gasteiger partial charge on any atom is -0.462 e. The van der Waals surface area contributed by atoms with Gasteiger partial charge >= 0.3 is 5.97 Å². The molecule has 1 aromatic rings. The molecule has 0 bridgehead atoms. The molecule has 1 aromatic carbocycles. The van der Waals surface area contributed by atoms with Gasteiger partial charge in [-0.25, -0.2) is 4.79 Å². The van der Waals surface area contributed by atoms with Crippen molar-refractivity contribution in [3.63, 3.8) is 0 Å². The maximum Gasteiger partial charge on any atom is 0.338 e. The van der Waals surface area contributed by atoms with Gasteiger partial charge in [0.2, 0.25) is 0 Å². The number of carbonyl (C=O) groups excluding carboxylic acids is 2. The number of alkyl halides is 1. The largest absolute Gasteiger partial charge is 0.462 e. The maximum absolute atomic E-state index is 12.2. The summed E-state index contributed by atoms with van der Waals surface area (Å²) in [5.41, 5.74) is 1.87. The van der Waals surface area contributed by atoms with Crippen molar-refractivity contribution in [1.29, 1.82) is 0 Å². The lowest BCUT2D eigenvalue weighted by molar-refractivity contribution is 0.0525. The van der Waals surface area contributed by atoms with E-state index in [-0.39, 0.29) is 11.8 Å². The van der Waals surface area contributed by atoms with E-state index >= 15 is 0 Å². The number of carbonyl (C=O) groups is 2. The number of hydrogen-bond donors (Lipinski definition) is 0. The molecule has 0 heterocycles. The fourth-order valence-electron chi connectivity index (χ4n) is 1.84. The number of thioether (sulfide) groups is 1. The molecular formula is C14H17IO3S. The van der Waals surface area contributed by atoms with E-state index in [2.05, 4.69) is 22.6 Å². The maximum atomic E-state index is 12.2. The van der Waals surface area contributed by atoms with Crippen LogP contribution in [0.15, 0.2) is 17.0 Å². The molecule has 104 valence electrons. The van der Waals surface area contributed by atoms with E-state index in [0.29, 0.717) is 24.2 Å². The number of ketones is 1. The van der Waals surface area contributed by atoms with Crippen molar-refractivity contribution in [2.24, 2.45) is 0 Å². The Morgan fingerprint density at radius 2 is 2.05 bits per heavy atom. The first kappa shape index (κ1) is 16.5. The molecule has 0 radical (unpaired) electrons. The smallest absolute Gasteiger partial charge is 0.338 e. The molecule has 0 aliphatic rings. The molecule has 0 aliphatic heterocycles. The van der Waals surface area contributed by atoms with Gasteiger partial charge in [-0.05, 0) is 37.8 Å². The summed E-state index contributed by atoms with van der Waals surface area (Å²) in [7, 11) is 0. The van der Waals surface area contributed by atoms with Crippen LogP contribution in [0.3, 0.4) is 0 Å². The van der Waals surface area contributed by atoms with E-state index in [1.54, 1.807) is 13.0 Å². The minimum absolute atomic E-state index is 0.0856. The van der Waals surface area contributed by atoms with E-state index < -0.39 is 0 Å². The SMILES string of the molecule is CCOC(=O)c1ccc(SC)c(C(=O)CCI)c1C. The van der Waals surface area contributed by atoms with E-state index in [9.17, 15) is 9.59 Å². The summed E-state index contributed by atoms with van der Waals surface area (Å²) in [5.74, 6) is -0.279. The van der Waals surface area contributed by atoms with Gasteiger partial charge in [-0.15, -0.1) is 11.8 Å². The first-order chi connectivity index (χ1) is 9.06. The Morgan fingerprint density at radius 1 is 1.37 bits per heavy atom. The van der Waals surface area contributed by atoms with Crippen molar-refractivity contribution in [3.8, 4) is 0 Å². The molecule has 0 aromatic heterocycles. The molecule has 0 amide bonds. The van der Waals surface area contributed by atoms with Crippen LogP contribution < -0.4 is 0 Å². The molecule has 0 N–H and O–H groups in total. The zero-order valence-corrected chi connectivity index (χ0v) is 14.3. The van der Waals surface area contributed by atoms with Crippen molar-refractivity contribution in [1.82, 2.24) is 0 Å². The molecule has 0 unspecified atom stereocenters. The lowest BCUT2D eigenvalue weighted by Gasteiger charge is -2.13. The lowest BCUT2D eigenvalue weighted by atomic mass is 9.98. The number of hydrogen-bond acceptors (Lipinski definition) is 4. The first-order valence-corrected chi connectivity index (χ1v) is 8.75. The van der Waals surface area contributed by atoms with Gasteiger partial charge in [-0.2, -0.15) is 0 Å². The topological polar surface area (TPSA) is 43.4 Å². The third-order valence-electron chi connectivity index (χ3n) is 2.74. The molecule has 0 saturated carbocycles. The van der Waals surface area contributed by atoms with Crippen LogP contribution in [0.2, 0.25) is 0 Å². The summed E-state index contributed by atoms with van der Waals surface area (Å²) in [6.45, 7) is 3.91. The van der Waals surface area contributed by atoms with Crippen LogP contribution in [0.1, 0.15) is 39.6 Å². The van der Waals surface area contributed by atoms with Gasteiger partial charge in [-0.3, -0.25) is 4.79 Å². The van der Waals surface area contributed by atoms with Gasteiger partial charge < -0.3 is 4.74 Å². The molecule has 0 atom stereocenters. The summed E-state index contributed by atoms with van der Waals surface area (Å²) in [6.07, 6.45) is 2.42. The third kappa shape index (κ3) is 3.95. The summed E-state index contributed by atoms with van der Waals surface area (Å²) in [5, 5.41) is 0. The van der Waals surface area contributed by atoms with Crippen molar-refractivity contribution >= 4 is 46.1 Å². The molecule has 3 nitrogen and oxygen atoms in total. The fraction of sp³-hybridized carbons (Fsp3) is 0.429. The number of Topliss-reactive ketones (excluding diaryl/α,β-unsaturated/α-hetero) is 1. The normalized spacial score (nSPS) is 10.3. The fourth-order valence-corrected chi connectivity index (χ4v) is 3.01. The van der Waals surface area contributed by atoms with E-state index in [4.69, 9.17) is 4.74 Å². The Bertz CT molecular complexity index is 486. The van der Waals surface area contributed by atoms with Crippen molar-refractivity contribution in [2.45, 2.75) is 25.2 Å². The van der Waals surface area contributed by atoms with Gasteiger partial charge in [0, 0.05) is 21.3 Å². The van der Waals surface area contributed by atoms with Crippen LogP contribution >= 0.6 is 34.4 Å². The monoisotopic (exact) mass is 392 g/mol. The molecule has 0 fully saturated rings. The number of ether oxygens (including phenoxy) is 1. The molecular weight excluding hydrogens is 375 g/mol. The summed E-state index contributed by atoms with van der Waals surface area (Å²) < 4.78 is 5.79. The highest BCUT2D eigenvalue weighted by Gasteiger charge is 2.20. The number of esters is 1. The Kier molecular flexibility index (Phi) is 6.85. The Balaban J connectivity index is 3.29. The zero-order valence-electron chi connectivity index (χ0n) is 11.3. The third-order valence-corrected chi connectivity index (χ3v) is 4.06. The Morgan fingerprint density at radius 3 is 2.58 bits per heavy atom. The predicted octanol–water partition coefficient (Wildman–Crippen LogP) is 3.90. The molecule has 5 heteroatoms. The van der Waals surface area contributed by atoms with E-state index in [0.717, 1.165) is 14.9 Å². The zero-order chi connectivity index (χ0) is 14.4. The second-order valence-corrected chi connectivity index (χ2v) is 5.82. The number of rotatable bonds is 6. The summed E-state index contributed by atoms with van der Waals surface area (Å²) >= 11 is 3.70. The highest BCUT2D eigenvalue weighted by molar-refractivity contribution is 14.1. The van der Waals surface area contributed by atoms with Crippen LogP contribution in [0.5, 0.6) is 0 Å². The average molecular weight is 392 g/mol. The van der Waals surface area contributed by atoms with Crippen molar-refractivity contribution in [2.75, 3.05) is 17.3 Å². The van der Waals surface area contributed by atoms with Crippen LogP contribution in [0.25, 0.3) is 0 Å². The minimum atomic E-state index is -0.365. The summed E-state index contributed by atoms with van der Waals surface area (Å²) in [6, 6.07) is 3.56. The number of halogens is 1. The lowest BCUT2D eigenvalue weighted by Crippen LogP contribution is -2.12. The molecule has 0 spiro atoms. The van der Waals surface area contributed by atoms with E-state index in [1.165, 1.54) is 11.8 Å². The Labute approximate surface area is 131 Å². The second kappa shape index (κ2) is 7.89. The highest BCUT2D eigenvalue weighted by atomic mass is 127. The number of benzene rings is 1. The molecule has 0 saturated heterocycles. The van der Waals surface area contributed by atoms with Gasteiger partial charge in [0.1, 0.15) is 0 Å². The van der Waals surface area contributed by atoms with Gasteiger partial charge in [-0.1, -0.05) is 22.6 Å². The second-order valence-electron chi connectivity index (χ2n) is 3.90. The quantitative estimate of drug-likeness (QED) is 0.242. The van der Waals surface area contributed by atoms with Crippen molar-refractivity contribution < 1.29 is 14.3 Å². The molecule has 1 rings (SSSR count). The van der Waals surface area contributed by atoms with Crippen LogP contribution in [-0.4, -0.2) is 29.0 Å². The standard InChI is InChI=1S/C14H17IO3S/c1-4-18-14(17)10-5-6-12(19-3)13(9(10)2)11(16)7-8-15/h5-6H,4,7-8H2,1-3H3.